The summed E-state index contributed by atoms with van der Waals surface area (Å²) in [5, 5.41) is 15.3. The molecule has 0 bridgehead atoms. The van der Waals surface area contributed by atoms with Crippen molar-refractivity contribution in [3.8, 4) is 6.07 Å². The molecule has 4 nitrogen and oxygen atoms in total. The van der Waals surface area contributed by atoms with Crippen molar-refractivity contribution < 1.29 is 4.79 Å². The van der Waals surface area contributed by atoms with Crippen LogP contribution in [0.2, 0.25) is 0 Å². The molecule has 2 aliphatic rings. The molecule has 1 amide bonds. The molecule has 1 aliphatic heterocycles. The SMILES string of the molecule is CC1c2ccsc2CCN1CC(=O)Nc1sc2c(c1C#N)CCC2. The van der Waals surface area contributed by atoms with Crippen LogP contribution >= 0.6 is 22.7 Å². The van der Waals surface area contributed by atoms with Crippen molar-refractivity contribution in [3.05, 3.63) is 37.9 Å². The minimum atomic E-state index is -0.0167. The van der Waals surface area contributed by atoms with E-state index >= 15 is 0 Å². The zero-order chi connectivity index (χ0) is 16.7. The van der Waals surface area contributed by atoms with E-state index in [0.717, 1.165) is 42.8 Å². The summed E-state index contributed by atoms with van der Waals surface area (Å²) in [4.78, 5) is 17.5. The molecule has 0 saturated heterocycles. The summed E-state index contributed by atoms with van der Waals surface area (Å²) in [6.07, 6.45) is 4.14. The van der Waals surface area contributed by atoms with Crippen LogP contribution < -0.4 is 5.32 Å². The number of carbonyl (C=O) groups excluding carboxylic acids is 1. The Morgan fingerprint density at radius 2 is 2.29 bits per heavy atom. The van der Waals surface area contributed by atoms with E-state index in [1.54, 1.807) is 11.3 Å². The molecule has 0 spiro atoms. The third-order valence-corrected chi connectivity index (χ3v) is 7.24. The fourth-order valence-corrected chi connectivity index (χ4v) is 5.96. The van der Waals surface area contributed by atoms with Crippen molar-refractivity contribution in [2.45, 2.75) is 38.6 Å². The third-order valence-electron chi connectivity index (χ3n) is 5.04. The van der Waals surface area contributed by atoms with Crippen LogP contribution in [0.3, 0.4) is 0 Å². The maximum absolute atomic E-state index is 12.5. The lowest BCUT2D eigenvalue weighted by atomic mass is 10.0. The monoisotopic (exact) mass is 357 g/mol. The number of fused-ring (bicyclic) bond motifs is 2. The predicted octanol–water partition coefficient (Wildman–Crippen LogP) is 3.73. The Hall–Kier alpha value is -1.68. The summed E-state index contributed by atoms with van der Waals surface area (Å²) >= 11 is 3.39. The molecular weight excluding hydrogens is 338 g/mol. The first-order chi connectivity index (χ1) is 11.7. The average molecular weight is 358 g/mol. The van der Waals surface area contributed by atoms with Crippen molar-refractivity contribution in [2.24, 2.45) is 0 Å². The molecule has 2 aromatic heterocycles. The van der Waals surface area contributed by atoms with Gasteiger partial charge in [-0.3, -0.25) is 9.69 Å². The van der Waals surface area contributed by atoms with Gasteiger partial charge in [-0.15, -0.1) is 22.7 Å². The Morgan fingerprint density at radius 1 is 1.42 bits per heavy atom. The van der Waals surface area contributed by atoms with Crippen molar-refractivity contribution in [2.75, 3.05) is 18.4 Å². The quantitative estimate of drug-likeness (QED) is 0.911. The van der Waals surface area contributed by atoms with Crippen LogP contribution in [0.15, 0.2) is 11.4 Å². The van der Waals surface area contributed by atoms with E-state index in [1.165, 1.54) is 15.3 Å². The molecule has 124 valence electrons. The summed E-state index contributed by atoms with van der Waals surface area (Å²) in [6, 6.07) is 4.73. The lowest BCUT2D eigenvalue weighted by Gasteiger charge is -2.32. The van der Waals surface area contributed by atoms with Crippen LogP contribution in [-0.4, -0.2) is 23.9 Å². The molecule has 2 aromatic rings. The van der Waals surface area contributed by atoms with Gasteiger partial charge in [0.15, 0.2) is 0 Å². The average Bonchev–Trinajstić information content (AvgIpc) is 3.25. The van der Waals surface area contributed by atoms with Crippen molar-refractivity contribution in [1.82, 2.24) is 4.90 Å². The second kappa shape index (κ2) is 6.32. The number of nitrogens with zero attached hydrogens (tertiary/aromatic N) is 2. The van der Waals surface area contributed by atoms with Crippen LogP contribution in [0.5, 0.6) is 0 Å². The lowest BCUT2D eigenvalue weighted by molar-refractivity contribution is -0.117. The fourth-order valence-electron chi connectivity index (χ4n) is 3.74. The zero-order valence-corrected chi connectivity index (χ0v) is 15.2. The predicted molar refractivity (Wildman–Crippen MR) is 97.7 cm³/mol. The summed E-state index contributed by atoms with van der Waals surface area (Å²) in [5.74, 6) is -0.0167. The highest BCUT2D eigenvalue weighted by molar-refractivity contribution is 7.16. The number of thiophene rings is 2. The van der Waals surface area contributed by atoms with Crippen molar-refractivity contribution in [1.29, 1.82) is 5.26 Å². The zero-order valence-electron chi connectivity index (χ0n) is 13.6. The molecule has 0 aromatic carbocycles. The van der Waals surface area contributed by atoms with E-state index in [4.69, 9.17) is 0 Å². The van der Waals surface area contributed by atoms with Gasteiger partial charge in [-0.05, 0) is 55.2 Å². The maximum atomic E-state index is 12.5. The fraction of sp³-hybridized carbons (Fsp3) is 0.444. The van der Waals surface area contributed by atoms with E-state index in [9.17, 15) is 10.1 Å². The molecule has 3 heterocycles. The molecule has 4 rings (SSSR count). The van der Waals surface area contributed by atoms with Gasteiger partial charge >= 0.3 is 0 Å². The number of anilines is 1. The molecule has 1 N–H and O–H groups in total. The van der Waals surface area contributed by atoms with Gasteiger partial charge in [-0.1, -0.05) is 0 Å². The van der Waals surface area contributed by atoms with Gasteiger partial charge < -0.3 is 5.32 Å². The number of hydrogen-bond donors (Lipinski definition) is 1. The number of hydrogen-bond acceptors (Lipinski definition) is 5. The van der Waals surface area contributed by atoms with E-state index in [-0.39, 0.29) is 11.9 Å². The number of nitrogens with one attached hydrogen (secondary N) is 1. The standard InChI is InChI=1S/C18H19N3OS2/c1-11-12-6-8-23-15(12)5-7-21(11)10-17(22)20-18-14(9-19)13-3-2-4-16(13)24-18/h6,8,11H,2-5,7,10H2,1H3,(H,20,22). The summed E-state index contributed by atoms with van der Waals surface area (Å²) in [7, 11) is 0. The molecule has 0 fully saturated rings. The van der Waals surface area contributed by atoms with Gasteiger partial charge in [0.2, 0.25) is 5.91 Å². The number of nitriles is 1. The van der Waals surface area contributed by atoms with E-state index in [0.29, 0.717) is 12.1 Å². The lowest BCUT2D eigenvalue weighted by Crippen LogP contribution is -2.39. The first kappa shape index (κ1) is 15.8. The molecule has 1 unspecified atom stereocenters. The van der Waals surface area contributed by atoms with E-state index in [1.807, 2.05) is 11.3 Å². The number of aryl methyl sites for hydroxylation is 1. The molecule has 24 heavy (non-hydrogen) atoms. The number of carbonyl (C=O) groups is 1. The van der Waals surface area contributed by atoms with Gasteiger partial charge in [-0.25, -0.2) is 0 Å². The molecular formula is C18H19N3OS2. The van der Waals surface area contributed by atoms with Gasteiger partial charge in [0.05, 0.1) is 12.1 Å². The summed E-state index contributed by atoms with van der Waals surface area (Å²) in [6.45, 7) is 3.45. The minimum absolute atomic E-state index is 0.0167. The van der Waals surface area contributed by atoms with Crippen LogP contribution in [0.25, 0.3) is 0 Å². The minimum Gasteiger partial charge on any atom is -0.315 e. The van der Waals surface area contributed by atoms with Crippen molar-refractivity contribution in [3.63, 3.8) is 0 Å². The first-order valence-corrected chi connectivity index (χ1v) is 10.0. The van der Waals surface area contributed by atoms with E-state index in [2.05, 4.69) is 34.7 Å². The molecule has 1 aliphatic carbocycles. The normalized spacial score (nSPS) is 19.6. The Kier molecular flexibility index (Phi) is 4.17. The number of amides is 1. The van der Waals surface area contributed by atoms with Crippen molar-refractivity contribution >= 4 is 33.6 Å². The van der Waals surface area contributed by atoms with Gasteiger partial charge in [0.25, 0.3) is 0 Å². The Labute approximate surface area is 149 Å². The maximum Gasteiger partial charge on any atom is 0.239 e. The van der Waals surface area contributed by atoms with Crippen LogP contribution in [-0.2, 0) is 24.1 Å². The van der Waals surface area contributed by atoms with E-state index < -0.39 is 0 Å². The molecule has 0 radical (unpaired) electrons. The Balaban J connectivity index is 1.46. The Bertz CT molecular complexity index is 830. The largest absolute Gasteiger partial charge is 0.315 e. The van der Waals surface area contributed by atoms with Crippen LogP contribution in [0, 0.1) is 11.3 Å². The molecule has 6 heteroatoms. The first-order valence-electron chi connectivity index (χ1n) is 8.32. The van der Waals surface area contributed by atoms with Crippen LogP contribution in [0.1, 0.15) is 45.8 Å². The van der Waals surface area contributed by atoms with Gasteiger partial charge in [0, 0.05) is 22.3 Å². The highest BCUT2D eigenvalue weighted by Gasteiger charge is 2.27. The summed E-state index contributed by atoms with van der Waals surface area (Å²) in [5.41, 5.74) is 3.20. The highest BCUT2D eigenvalue weighted by atomic mass is 32.1. The second-order valence-corrected chi connectivity index (χ2v) is 8.52. The summed E-state index contributed by atoms with van der Waals surface area (Å²) < 4.78 is 0. The Morgan fingerprint density at radius 3 is 3.12 bits per heavy atom. The van der Waals surface area contributed by atoms with Gasteiger partial charge in [0.1, 0.15) is 11.1 Å². The topological polar surface area (TPSA) is 56.1 Å². The highest BCUT2D eigenvalue weighted by Crippen LogP contribution is 2.38. The van der Waals surface area contributed by atoms with Gasteiger partial charge in [-0.2, -0.15) is 5.26 Å². The van der Waals surface area contributed by atoms with Crippen LogP contribution in [0.4, 0.5) is 5.00 Å². The number of rotatable bonds is 3. The second-order valence-electron chi connectivity index (χ2n) is 6.42. The molecule has 1 atom stereocenters. The molecule has 0 saturated carbocycles. The smallest absolute Gasteiger partial charge is 0.239 e. The third kappa shape index (κ3) is 2.67.